The normalized spacial score (nSPS) is 14.7. The minimum Gasteiger partial charge on any atom is -0.280 e. The second-order valence-electron chi connectivity index (χ2n) is 4.63. The maximum atomic E-state index is 4.62. The third-order valence-corrected chi connectivity index (χ3v) is 3.15. The van der Waals surface area contributed by atoms with Gasteiger partial charge in [-0.25, -0.2) is 4.57 Å². The SMILES string of the molecule is CCCCCC1=CCN=C1c1ccc[n+](C)c1. The minimum absolute atomic E-state index is 0.857. The van der Waals surface area contributed by atoms with E-state index in [-0.39, 0.29) is 0 Å². The quantitative estimate of drug-likeness (QED) is 0.545. The second kappa shape index (κ2) is 5.76. The number of nitrogens with zero attached hydrogens (tertiary/aromatic N) is 2. The molecule has 0 saturated carbocycles. The molecule has 1 aliphatic rings. The second-order valence-corrected chi connectivity index (χ2v) is 4.63. The van der Waals surface area contributed by atoms with Gasteiger partial charge in [0.1, 0.15) is 7.05 Å². The lowest BCUT2D eigenvalue weighted by atomic mass is 9.99. The standard InChI is InChI=1S/C15H21N2/c1-3-4-5-7-13-9-10-16-15(13)14-8-6-11-17(2)12-14/h6,8-9,11-12H,3-5,7,10H2,1-2H3/q+1. The Morgan fingerprint density at radius 2 is 2.24 bits per heavy atom. The summed E-state index contributed by atoms with van der Waals surface area (Å²) >= 11 is 0. The molecule has 0 N–H and O–H groups in total. The van der Waals surface area contributed by atoms with Crippen molar-refractivity contribution in [3.8, 4) is 0 Å². The molecule has 0 bridgehead atoms. The molecule has 1 aromatic rings. The number of aryl methyl sites for hydroxylation is 1. The van der Waals surface area contributed by atoms with E-state index in [4.69, 9.17) is 0 Å². The van der Waals surface area contributed by atoms with E-state index < -0.39 is 0 Å². The number of rotatable bonds is 5. The summed E-state index contributed by atoms with van der Waals surface area (Å²) < 4.78 is 2.08. The van der Waals surface area contributed by atoms with Gasteiger partial charge < -0.3 is 0 Å². The Kier molecular flexibility index (Phi) is 4.08. The van der Waals surface area contributed by atoms with Gasteiger partial charge in [-0.05, 0) is 24.5 Å². The fourth-order valence-electron chi connectivity index (χ4n) is 2.24. The zero-order valence-corrected chi connectivity index (χ0v) is 10.8. The summed E-state index contributed by atoms with van der Waals surface area (Å²) in [5.41, 5.74) is 3.89. The number of allylic oxidation sites excluding steroid dienone is 1. The van der Waals surface area contributed by atoms with Crippen molar-refractivity contribution in [2.75, 3.05) is 6.54 Å². The summed E-state index contributed by atoms with van der Waals surface area (Å²) in [5.74, 6) is 0. The Balaban J connectivity index is 2.08. The van der Waals surface area contributed by atoms with Crippen molar-refractivity contribution in [2.45, 2.75) is 32.6 Å². The predicted octanol–water partition coefficient (Wildman–Crippen LogP) is 2.82. The van der Waals surface area contributed by atoms with Crippen molar-refractivity contribution in [1.29, 1.82) is 0 Å². The van der Waals surface area contributed by atoms with Gasteiger partial charge in [-0.2, -0.15) is 0 Å². The molecule has 0 radical (unpaired) electrons. The first-order valence-corrected chi connectivity index (χ1v) is 6.51. The lowest BCUT2D eigenvalue weighted by molar-refractivity contribution is -0.671. The Morgan fingerprint density at radius 3 is 3.00 bits per heavy atom. The summed E-state index contributed by atoms with van der Waals surface area (Å²) in [6, 6.07) is 4.23. The lowest BCUT2D eigenvalue weighted by Crippen LogP contribution is -2.27. The van der Waals surface area contributed by atoms with Crippen molar-refractivity contribution in [2.24, 2.45) is 12.0 Å². The van der Waals surface area contributed by atoms with E-state index in [1.165, 1.54) is 42.5 Å². The summed E-state index contributed by atoms with van der Waals surface area (Å²) in [4.78, 5) is 4.62. The van der Waals surface area contributed by atoms with Gasteiger partial charge in [-0.15, -0.1) is 0 Å². The topological polar surface area (TPSA) is 16.2 Å². The van der Waals surface area contributed by atoms with Gasteiger partial charge >= 0.3 is 0 Å². The highest BCUT2D eigenvalue weighted by atomic mass is 14.9. The Hall–Kier alpha value is -1.44. The molecule has 90 valence electrons. The summed E-state index contributed by atoms with van der Waals surface area (Å²) in [6.45, 7) is 3.10. The van der Waals surface area contributed by atoms with Crippen LogP contribution in [-0.2, 0) is 7.05 Å². The Morgan fingerprint density at radius 1 is 1.35 bits per heavy atom. The fourth-order valence-corrected chi connectivity index (χ4v) is 2.24. The van der Waals surface area contributed by atoms with E-state index in [0.717, 1.165) is 6.54 Å². The van der Waals surface area contributed by atoms with E-state index in [0.29, 0.717) is 0 Å². The van der Waals surface area contributed by atoms with Gasteiger partial charge in [-0.1, -0.05) is 25.8 Å². The van der Waals surface area contributed by atoms with Gasteiger partial charge in [0, 0.05) is 6.07 Å². The molecule has 2 nitrogen and oxygen atoms in total. The van der Waals surface area contributed by atoms with Crippen molar-refractivity contribution < 1.29 is 4.57 Å². The molecular weight excluding hydrogens is 208 g/mol. The third-order valence-electron chi connectivity index (χ3n) is 3.15. The first kappa shape index (κ1) is 12.0. The van der Waals surface area contributed by atoms with Gasteiger partial charge in [0.25, 0.3) is 0 Å². The molecule has 2 heteroatoms. The van der Waals surface area contributed by atoms with Crippen LogP contribution in [0.3, 0.4) is 0 Å². The van der Waals surface area contributed by atoms with Gasteiger partial charge in [0.15, 0.2) is 12.4 Å². The number of aromatic nitrogens is 1. The van der Waals surface area contributed by atoms with Gasteiger partial charge in [0.05, 0.1) is 17.8 Å². The smallest absolute Gasteiger partial charge is 0.177 e. The van der Waals surface area contributed by atoms with E-state index in [9.17, 15) is 0 Å². The fraction of sp³-hybridized carbons (Fsp3) is 0.467. The van der Waals surface area contributed by atoms with Crippen LogP contribution in [0.5, 0.6) is 0 Å². The zero-order chi connectivity index (χ0) is 12.1. The van der Waals surface area contributed by atoms with Crippen LogP contribution in [0.1, 0.15) is 38.2 Å². The average molecular weight is 229 g/mol. The maximum Gasteiger partial charge on any atom is 0.177 e. The molecule has 0 amide bonds. The molecule has 17 heavy (non-hydrogen) atoms. The molecule has 1 aliphatic heterocycles. The molecule has 2 rings (SSSR count). The van der Waals surface area contributed by atoms with Crippen LogP contribution < -0.4 is 4.57 Å². The van der Waals surface area contributed by atoms with Crippen LogP contribution in [0.2, 0.25) is 0 Å². The van der Waals surface area contributed by atoms with E-state index >= 15 is 0 Å². The van der Waals surface area contributed by atoms with Crippen molar-refractivity contribution in [3.63, 3.8) is 0 Å². The molecule has 0 aromatic carbocycles. The molecule has 0 aliphatic carbocycles. The minimum atomic E-state index is 0.857. The van der Waals surface area contributed by atoms with Crippen LogP contribution in [0.4, 0.5) is 0 Å². The highest BCUT2D eigenvalue weighted by Crippen LogP contribution is 2.19. The lowest BCUT2D eigenvalue weighted by Gasteiger charge is -2.05. The first-order chi connectivity index (χ1) is 8.31. The molecule has 0 saturated heterocycles. The molecule has 2 heterocycles. The summed E-state index contributed by atoms with van der Waals surface area (Å²) in [6.07, 6.45) is 11.5. The first-order valence-electron chi connectivity index (χ1n) is 6.51. The number of hydrogen-bond acceptors (Lipinski definition) is 1. The van der Waals surface area contributed by atoms with E-state index in [1.807, 2.05) is 0 Å². The third kappa shape index (κ3) is 3.02. The van der Waals surface area contributed by atoms with E-state index in [1.54, 1.807) is 0 Å². The number of unbranched alkanes of at least 4 members (excludes halogenated alkanes) is 2. The molecule has 0 unspecified atom stereocenters. The number of aliphatic imine (C=N–C) groups is 1. The van der Waals surface area contributed by atoms with Crippen LogP contribution in [0.15, 0.2) is 41.2 Å². The highest BCUT2D eigenvalue weighted by Gasteiger charge is 2.15. The molecule has 0 atom stereocenters. The summed E-state index contributed by atoms with van der Waals surface area (Å²) in [7, 11) is 2.06. The summed E-state index contributed by atoms with van der Waals surface area (Å²) in [5, 5.41) is 0. The van der Waals surface area contributed by atoms with E-state index in [2.05, 4.69) is 54.1 Å². The molecule has 0 fully saturated rings. The van der Waals surface area contributed by atoms with Crippen LogP contribution in [0.25, 0.3) is 0 Å². The van der Waals surface area contributed by atoms with Gasteiger partial charge in [-0.3, -0.25) is 4.99 Å². The number of hydrogen-bond donors (Lipinski definition) is 0. The largest absolute Gasteiger partial charge is 0.280 e. The van der Waals surface area contributed by atoms with Crippen molar-refractivity contribution >= 4 is 5.71 Å². The van der Waals surface area contributed by atoms with Crippen LogP contribution in [-0.4, -0.2) is 12.3 Å². The van der Waals surface area contributed by atoms with Crippen LogP contribution >= 0.6 is 0 Å². The zero-order valence-electron chi connectivity index (χ0n) is 10.8. The molecular formula is C15H21N2+. The number of pyridine rings is 1. The van der Waals surface area contributed by atoms with Gasteiger partial charge in [0.2, 0.25) is 0 Å². The van der Waals surface area contributed by atoms with Crippen molar-refractivity contribution in [1.82, 2.24) is 0 Å². The monoisotopic (exact) mass is 229 g/mol. The highest BCUT2D eigenvalue weighted by molar-refractivity contribution is 6.13. The maximum absolute atomic E-state index is 4.62. The predicted molar refractivity (Wildman–Crippen MR) is 71.2 cm³/mol. The Labute approximate surface area is 104 Å². The Bertz CT molecular complexity index is 444. The van der Waals surface area contributed by atoms with Crippen molar-refractivity contribution in [3.05, 3.63) is 41.7 Å². The molecule has 1 aromatic heterocycles. The molecule has 0 spiro atoms. The average Bonchev–Trinajstić information content (AvgIpc) is 2.78. The van der Waals surface area contributed by atoms with Crippen LogP contribution in [0, 0.1) is 0 Å².